The molecule has 2 fully saturated rings. The highest BCUT2D eigenvalue weighted by Gasteiger charge is 2.28. The molecule has 2 aromatic carbocycles. The quantitative estimate of drug-likeness (QED) is 0.773. The zero-order chi connectivity index (χ0) is 20.4. The van der Waals surface area contributed by atoms with Gasteiger partial charge in [-0.1, -0.05) is 18.2 Å². The Kier molecular flexibility index (Phi) is 5.61. The van der Waals surface area contributed by atoms with E-state index in [0.717, 1.165) is 25.9 Å². The van der Waals surface area contributed by atoms with Crippen LogP contribution in [0.1, 0.15) is 28.8 Å². The first-order valence-electron chi connectivity index (χ1n) is 10.2. The number of amides is 1. The van der Waals surface area contributed by atoms with E-state index in [1.807, 2.05) is 4.90 Å². The molecule has 0 bridgehead atoms. The van der Waals surface area contributed by atoms with Crippen LogP contribution >= 0.6 is 0 Å². The van der Waals surface area contributed by atoms with Crippen molar-refractivity contribution in [1.82, 2.24) is 9.21 Å². The van der Waals surface area contributed by atoms with Crippen molar-refractivity contribution in [2.75, 3.05) is 44.2 Å². The largest absolute Gasteiger partial charge is 0.368 e. The smallest absolute Gasteiger partial charge is 0.254 e. The first-order valence-corrected chi connectivity index (χ1v) is 11.6. The summed E-state index contributed by atoms with van der Waals surface area (Å²) in [6.07, 6.45) is 1.78. The number of piperazine rings is 1. The fourth-order valence-electron chi connectivity index (χ4n) is 4.04. The summed E-state index contributed by atoms with van der Waals surface area (Å²) in [4.78, 5) is 17.3. The Morgan fingerprint density at radius 3 is 2.24 bits per heavy atom. The Bertz CT molecular complexity index is 992. The molecule has 0 spiro atoms. The SMILES string of the molecule is Cc1cccc(N2CCN(C(=O)c3cccc(S(=O)(=O)N4CCCC4)c3)CC2)c1. The van der Waals surface area contributed by atoms with Crippen LogP contribution in [0, 0.1) is 6.92 Å². The summed E-state index contributed by atoms with van der Waals surface area (Å²) < 4.78 is 27.1. The fourth-order valence-corrected chi connectivity index (χ4v) is 5.61. The van der Waals surface area contributed by atoms with Crippen LogP contribution < -0.4 is 4.90 Å². The third-order valence-corrected chi connectivity index (χ3v) is 7.61. The normalized spacial score (nSPS) is 18.2. The molecule has 154 valence electrons. The van der Waals surface area contributed by atoms with Gasteiger partial charge in [0.25, 0.3) is 5.91 Å². The number of sulfonamides is 1. The molecule has 0 N–H and O–H groups in total. The standard InChI is InChI=1S/C22H27N3O3S/c1-18-6-4-8-20(16-18)23-12-14-24(15-13-23)22(26)19-7-5-9-21(17-19)29(27,28)25-10-2-3-11-25/h4-9,16-17H,2-3,10-15H2,1H3. The molecule has 29 heavy (non-hydrogen) atoms. The zero-order valence-corrected chi connectivity index (χ0v) is 17.6. The average Bonchev–Trinajstić information content (AvgIpc) is 3.29. The van der Waals surface area contributed by atoms with Crippen molar-refractivity contribution in [2.24, 2.45) is 0 Å². The van der Waals surface area contributed by atoms with Gasteiger partial charge < -0.3 is 9.80 Å². The monoisotopic (exact) mass is 413 g/mol. The van der Waals surface area contributed by atoms with Gasteiger partial charge in [-0.25, -0.2) is 8.42 Å². The van der Waals surface area contributed by atoms with Crippen LogP contribution in [0.15, 0.2) is 53.4 Å². The molecule has 0 aromatic heterocycles. The first-order chi connectivity index (χ1) is 13.9. The number of aryl methyl sites for hydroxylation is 1. The molecule has 2 saturated heterocycles. The number of carbonyl (C=O) groups is 1. The second kappa shape index (κ2) is 8.16. The second-order valence-electron chi connectivity index (χ2n) is 7.76. The lowest BCUT2D eigenvalue weighted by Crippen LogP contribution is -2.48. The van der Waals surface area contributed by atoms with Crippen LogP contribution in [0.25, 0.3) is 0 Å². The molecule has 2 aliphatic heterocycles. The maximum absolute atomic E-state index is 13.0. The van der Waals surface area contributed by atoms with E-state index in [1.165, 1.54) is 21.6 Å². The number of benzene rings is 2. The second-order valence-corrected chi connectivity index (χ2v) is 9.70. The number of anilines is 1. The van der Waals surface area contributed by atoms with Gasteiger partial charge in [0.15, 0.2) is 0 Å². The minimum atomic E-state index is -3.52. The van der Waals surface area contributed by atoms with Gasteiger partial charge in [0.2, 0.25) is 10.0 Å². The van der Waals surface area contributed by atoms with Crippen LogP contribution in [0.2, 0.25) is 0 Å². The molecule has 2 aliphatic rings. The molecule has 1 amide bonds. The number of hydrogen-bond donors (Lipinski definition) is 0. The predicted molar refractivity (Wildman–Crippen MR) is 114 cm³/mol. The summed E-state index contributed by atoms with van der Waals surface area (Å²) in [5.41, 5.74) is 2.84. The van der Waals surface area contributed by atoms with Crippen LogP contribution in [-0.4, -0.2) is 62.8 Å². The van der Waals surface area contributed by atoms with E-state index in [-0.39, 0.29) is 10.8 Å². The number of rotatable bonds is 4. The fraction of sp³-hybridized carbons (Fsp3) is 0.409. The van der Waals surface area contributed by atoms with Crippen molar-refractivity contribution >= 4 is 21.6 Å². The van der Waals surface area contributed by atoms with Crippen molar-refractivity contribution < 1.29 is 13.2 Å². The van der Waals surface area contributed by atoms with Gasteiger partial charge in [0, 0.05) is 50.5 Å². The molecule has 0 atom stereocenters. The van der Waals surface area contributed by atoms with Gasteiger partial charge >= 0.3 is 0 Å². The lowest BCUT2D eigenvalue weighted by Gasteiger charge is -2.36. The van der Waals surface area contributed by atoms with E-state index in [0.29, 0.717) is 31.7 Å². The topological polar surface area (TPSA) is 60.9 Å². The third-order valence-electron chi connectivity index (χ3n) is 5.72. The molecule has 7 heteroatoms. The molecule has 2 heterocycles. The first kappa shape index (κ1) is 19.9. The Morgan fingerprint density at radius 2 is 1.55 bits per heavy atom. The highest BCUT2D eigenvalue weighted by molar-refractivity contribution is 7.89. The van der Waals surface area contributed by atoms with Crippen LogP contribution in [0.4, 0.5) is 5.69 Å². The molecule has 2 aromatic rings. The zero-order valence-electron chi connectivity index (χ0n) is 16.8. The van der Waals surface area contributed by atoms with Crippen molar-refractivity contribution in [2.45, 2.75) is 24.7 Å². The summed E-state index contributed by atoms with van der Waals surface area (Å²) in [5.74, 6) is -0.104. The predicted octanol–water partition coefficient (Wildman–Crippen LogP) is 2.74. The maximum atomic E-state index is 13.0. The Hall–Kier alpha value is -2.38. The Morgan fingerprint density at radius 1 is 0.862 bits per heavy atom. The van der Waals surface area contributed by atoms with E-state index in [9.17, 15) is 13.2 Å². The van der Waals surface area contributed by atoms with Gasteiger partial charge in [-0.3, -0.25) is 4.79 Å². The summed E-state index contributed by atoms with van der Waals surface area (Å²) in [5, 5.41) is 0. The molecule has 0 aliphatic carbocycles. The third kappa shape index (κ3) is 4.16. The van der Waals surface area contributed by atoms with Crippen molar-refractivity contribution in [3.63, 3.8) is 0 Å². The summed E-state index contributed by atoms with van der Waals surface area (Å²) in [6.45, 7) is 5.96. The van der Waals surface area contributed by atoms with Crippen LogP contribution in [0.5, 0.6) is 0 Å². The molecule has 0 radical (unpaired) electrons. The van der Waals surface area contributed by atoms with Gasteiger partial charge in [-0.2, -0.15) is 4.31 Å². The summed E-state index contributed by atoms with van der Waals surface area (Å²) in [6, 6.07) is 14.9. The summed E-state index contributed by atoms with van der Waals surface area (Å²) >= 11 is 0. The van der Waals surface area contributed by atoms with E-state index in [2.05, 4.69) is 36.1 Å². The molecule has 6 nitrogen and oxygen atoms in total. The molecular formula is C22H27N3O3S. The van der Waals surface area contributed by atoms with E-state index in [4.69, 9.17) is 0 Å². The minimum absolute atomic E-state index is 0.104. The van der Waals surface area contributed by atoms with Crippen molar-refractivity contribution in [3.8, 4) is 0 Å². The lowest BCUT2D eigenvalue weighted by atomic mass is 10.1. The number of nitrogens with zero attached hydrogens (tertiary/aromatic N) is 3. The van der Waals surface area contributed by atoms with E-state index in [1.54, 1.807) is 18.2 Å². The van der Waals surface area contributed by atoms with Gasteiger partial charge in [-0.15, -0.1) is 0 Å². The number of carbonyl (C=O) groups excluding carboxylic acids is 1. The molecule has 0 unspecified atom stereocenters. The highest BCUT2D eigenvalue weighted by Crippen LogP contribution is 2.23. The van der Waals surface area contributed by atoms with Gasteiger partial charge in [0.1, 0.15) is 0 Å². The maximum Gasteiger partial charge on any atom is 0.254 e. The highest BCUT2D eigenvalue weighted by atomic mass is 32.2. The van der Waals surface area contributed by atoms with Gasteiger partial charge in [0.05, 0.1) is 4.90 Å². The molecule has 0 saturated carbocycles. The Balaban J connectivity index is 1.45. The minimum Gasteiger partial charge on any atom is -0.368 e. The van der Waals surface area contributed by atoms with Crippen LogP contribution in [-0.2, 0) is 10.0 Å². The number of hydrogen-bond acceptors (Lipinski definition) is 4. The van der Waals surface area contributed by atoms with Crippen molar-refractivity contribution in [3.05, 3.63) is 59.7 Å². The van der Waals surface area contributed by atoms with E-state index < -0.39 is 10.0 Å². The lowest BCUT2D eigenvalue weighted by molar-refractivity contribution is 0.0746. The van der Waals surface area contributed by atoms with Crippen LogP contribution in [0.3, 0.4) is 0 Å². The molecule has 4 rings (SSSR count). The Labute approximate surface area is 172 Å². The van der Waals surface area contributed by atoms with E-state index >= 15 is 0 Å². The van der Waals surface area contributed by atoms with Crippen molar-refractivity contribution in [1.29, 1.82) is 0 Å². The molecular weight excluding hydrogens is 386 g/mol. The average molecular weight is 414 g/mol. The van der Waals surface area contributed by atoms with Gasteiger partial charge in [-0.05, 0) is 55.7 Å². The summed E-state index contributed by atoms with van der Waals surface area (Å²) in [7, 11) is -3.52.